The number of hydrogen-bond acceptors (Lipinski definition) is 3. The standard InChI is InChI=1S/C13H22N4/c1-10-5-3-8-17-12(10)14-15-13(17)11-6-4-7-16(2)9-11/h10-11H,3-9H2,1-2H3. The largest absolute Gasteiger partial charge is 0.314 e. The van der Waals surface area contributed by atoms with Gasteiger partial charge in [0.25, 0.3) is 0 Å². The molecule has 1 saturated heterocycles. The molecular weight excluding hydrogens is 212 g/mol. The fourth-order valence-corrected chi connectivity index (χ4v) is 3.29. The van der Waals surface area contributed by atoms with Crippen LogP contribution in [0.1, 0.15) is 56.1 Å². The maximum Gasteiger partial charge on any atom is 0.137 e. The van der Waals surface area contributed by atoms with Gasteiger partial charge in [0.2, 0.25) is 0 Å². The van der Waals surface area contributed by atoms with E-state index in [1.165, 1.54) is 43.9 Å². The Morgan fingerprint density at radius 2 is 1.82 bits per heavy atom. The Morgan fingerprint density at radius 3 is 2.65 bits per heavy atom. The van der Waals surface area contributed by atoms with Crippen LogP contribution in [0.2, 0.25) is 0 Å². The lowest BCUT2D eigenvalue weighted by atomic mass is 9.96. The third-order valence-electron chi connectivity index (χ3n) is 4.26. The number of aromatic nitrogens is 3. The minimum Gasteiger partial charge on any atom is -0.314 e. The van der Waals surface area contributed by atoms with Gasteiger partial charge in [-0.15, -0.1) is 10.2 Å². The second kappa shape index (κ2) is 4.41. The summed E-state index contributed by atoms with van der Waals surface area (Å²) in [4.78, 5) is 2.42. The second-order valence-corrected chi connectivity index (χ2v) is 5.71. The number of fused-ring (bicyclic) bond motifs is 1. The number of rotatable bonds is 1. The first kappa shape index (κ1) is 11.2. The highest BCUT2D eigenvalue weighted by molar-refractivity contribution is 5.09. The highest BCUT2D eigenvalue weighted by Gasteiger charge is 2.28. The Morgan fingerprint density at radius 1 is 1.06 bits per heavy atom. The van der Waals surface area contributed by atoms with E-state index in [1.54, 1.807) is 0 Å². The van der Waals surface area contributed by atoms with Crippen molar-refractivity contribution in [3.05, 3.63) is 11.6 Å². The third-order valence-corrected chi connectivity index (χ3v) is 4.26. The number of hydrogen-bond donors (Lipinski definition) is 0. The predicted octanol–water partition coefficient (Wildman–Crippen LogP) is 1.98. The molecule has 1 aromatic heterocycles. The lowest BCUT2D eigenvalue weighted by Crippen LogP contribution is -2.32. The van der Waals surface area contributed by atoms with Crippen molar-refractivity contribution in [2.24, 2.45) is 0 Å². The van der Waals surface area contributed by atoms with Gasteiger partial charge >= 0.3 is 0 Å². The van der Waals surface area contributed by atoms with Gasteiger partial charge in [0.15, 0.2) is 0 Å². The van der Waals surface area contributed by atoms with Crippen molar-refractivity contribution in [3.63, 3.8) is 0 Å². The van der Waals surface area contributed by atoms with Gasteiger partial charge in [-0.3, -0.25) is 0 Å². The molecule has 0 aromatic carbocycles. The van der Waals surface area contributed by atoms with E-state index in [0.29, 0.717) is 11.8 Å². The summed E-state index contributed by atoms with van der Waals surface area (Å²) in [5, 5.41) is 8.93. The Bertz CT molecular complexity index is 398. The molecule has 4 nitrogen and oxygen atoms in total. The summed E-state index contributed by atoms with van der Waals surface area (Å²) >= 11 is 0. The van der Waals surface area contributed by atoms with Crippen LogP contribution in [0.25, 0.3) is 0 Å². The van der Waals surface area contributed by atoms with E-state index in [0.717, 1.165) is 13.1 Å². The van der Waals surface area contributed by atoms with Crippen LogP contribution < -0.4 is 0 Å². The zero-order valence-corrected chi connectivity index (χ0v) is 10.9. The van der Waals surface area contributed by atoms with Gasteiger partial charge in [-0.05, 0) is 39.3 Å². The Balaban J connectivity index is 1.88. The number of likely N-dealkylation sites (tertiary alicyclic amines) is 1. The topological polar surface area (TPSA) is 34.0 Å². The minimum atomic E-state index is 0.589. The van der Waals surface area contributed by atoms with E-state index in [4.69, 9.17) is 0 Å². The molecule has 0 radical (unpaired) electrons. The molecule has 4 heteroatoms. The molecule has 0 aliphatic carbocycles. The van der Waals surface area contributed by atoms with E-state index in [-0.39, 0.29) is 0 Å². The first-order chi connectivity index (χ1) is 8.25. The lowest BCUT2D eigenvalue weighted by Gasteiger charge is -2.30. The van der Waals surface area contributed by atoms with Gasteiger partial charge in [-0.1, -0.05) is 6.92 Å². The average molecular weight is 234 g/mol. The first-order valence-electron chi connectivity index (χ1n) is 6.87. The van der Waals surface area contributed by atoms with Crippen LogP contribution in [0.3, 0.4) is 0 Å². The number of piperidine rings is 1. The van der Waals surface area contributed by atoms with Crippen molar-refractivity contribution < 1.29 is 0 Å². The minimum absolute atomic E-state index is 0.589. The van der Waals surface area contributed by atoms with E-state index < -0.39 is 0 Å². The quantitative estimate of drug-likeness (QED) is 0.745. The van der Waals surface area contributed by atoms with Crippen LogP contribution in [0.15, 0.2) is 0 Å². The van der Waals surface area contributed by atoms with Crippen molar-refractivity contribution >= 4 is 0 Å². The van der Waals surface area contributed by atoms with Crippen LogP contribution in [-0.2, 0) is 6.54 Å². The highest BCUT2D eigenvalue weighted by Crippen LogP contribution is 2.31. The monoisotopic (exact) mass is 234 g/mol. The smallest absolute Gasteiger partial charge is 0.137 e. The zero-order valence-electron chi connectivity index (χ0n) is 10.9. The molecule has 2 aliphatic heterocycles. The van der Waals surface area contributed by atoms with Gasteiger partial charge < -0.3 is 9.47 Å². The molecule has 2 aliphatic rings. The fraction of sp³-hybridized carbons (Fsp3) is 0.846. The Labute approximate surface area is 103 Å². The molecule has 3 rings (SSSR count). The summed E-state index contributed by atoms with van der Waals surface area (Å²) in [6.07, 6.45) is 5.11. The molecule has 94 valence electrons. The van der Waals surface area contributed by atoms with Crippen LogP contribution in [0, 0.1) is 0 Å². The van der Waals surface area contributed by atoms with E-state index in [1.807, 2.05) is 0 Å². The normalized spacial score (nSPS) is 30.2. The molecule has 2 atom stereocenters. The fourth-order valence-electron chi connectivity index (χ4n) is 3.29. The molecule has 3 heterocycles. The molecule has 2 unspecified atom stereocenters. The van der Waals surface area contributed by atoms with E-state index in [9.17, 15) is 0 Å². The summed E-state index contributed by atoms with van der Waals surface area (Å²) in [5.74, 6) is 3.66. The van der Waals surface area contributed by atoms with Crippen LogP contribution >= 0.6 is 0 Å². The Kier molecular flexibility index (Phi) is 2.90. The van der Waals surface area contributed by atoms with E-state index in [2.05, 4.69) is 33.6 Å². The Hall–Kier alpha value is -0.900. The van der Waals surface area contributed by atoms with Crippen molar-refractivity contribution in [3.8, 4) is 0 Å². The molecule has 0 N–H and O–H groups in total. The molecule has 0 bridgehead atoms. The maximum absolute atomic E-state index is 4.49. The van der Waals surface area contributed by atoms with Gasteiger partial charge in [-0.2, -0.15) is 0 Å². The summed E-state index contributed by atoms with van der Waals surface area (Å²) in [5.41, 5.74) is 0. The molecule has 0 amide bonds. The summed E-state index contributed by atoms with van der Waals surface area (Å²) in [7, 11) is 2.21. The van der Waals surface area contributed by atoms with Crippen molar-refractivity contribution in [2.45, 2.75) is 51.0 Å². The molecule has 1 fully saturated rings. The van der Waals surface area contributed by atoms with Crippen LogP contribution in [-0.4, -0.2) is 39.8 Å². The summed E-state index contributed by atoms with van der Waals surface area (Å²) in [6.45, 7) is 5.78. The van der Waals surface area contributed by atoms with Gasteiger partial charge in [-0.25, -0.2) is 0 Å². The SMILES string of the molecule is CC1CCCn2c1nnc2C1CCCN(C)C1. The molecule has 0 saturated carbocycles. The number of nitrogens with zero attached hydrogens (tertiary/aromatic N) is 4. The van der Waals surface area contributed by atoms with E-state index >= 15 is 0 Å². The van der Waals surface area contributed by atoms with Crippen molar-refractivity contribution in [2.75, 3.05) is 20.1 Å². The van der Waals surface area contributed by atoms with Gasteiger partial charge in [0.1, 0.15) is 11.6 Å². The molecule has 0 spiro atoms. The maximum atomic E-state index is 4.49. The molecule has 1 aromatic rings. The third kappa shape index (κ3) is 1.99. The summed E-state index contributed by atoms with van der Waals surface area (Å²) in [6, 6.07) is 0. The highest BCUT2D eigenvalue weighted by atomic mass is 15.3. The number of likely N-dealkylation sites (N-methyl/N-ethyl adjacent to an activating group) is 1. The second-order valence-electron chi connectivity index (χ2n) is 5.71. The van der Waals surface area contributed by atoms with Gasteiger partial charge in [0.05, 0.1) is 0 Å². The van der Waals surface area contributed by atoms with Crippen LogP contribution in [0.4, 0.5) is 0 Å². The van der Waals surface area contributed by atoms with Crippen molar-refractivity contribution in [1.29, 1.82) is 0 Å². The van der Waals surface area contributed by atoms with Crippen molar-refractivity contribution in [1.82, 2.24) is 19.7 Å². The molecular formula is C13H22N4. The molecule has 17 heavy (non-hydrogen) atoms. The average Bonchev–Trinajstić information content (AvgIpc) is 2.74. The summed E-state index contributed by atoms with van der Waals surface area (Å²) < 4.78 is 2.40. The van der Waals surface area contributed by atoms with Gasteiger partial charge in [0, 0.05) is 24.9 Å². The zero-order chi connectivity index (χ0) is 11.8. The predicted molar refractivity (Wildman–Crippen MR) is 67.1 cm³/mol. The first-order valence-corrected chi connectivity index (χ1v) is 6.87. The lowest BCUT2D eigenvalue weighted by molar-refractivity contribution is 0.241. The van der Waals surface area contributed by atoms with Crippen LogP contribution in [0.5, 0.6) is 0 Å².